The number of benzene rings is 3. The van der Waals surface area contributed by atoms with E-state index in [4.69, 9.17) is 9.47 Å². The summed E-state index contributed by atoms with van der Waals surface area (Å²) in [6.07, 6.45) is 4.96. The zero-order valence-electron chi connectivity index (χ0n) is 17.7. The largest absolute Gasteiger partial charge is 0.497 e. The van der Waals surface area contributed by atoms with Gasteiger partial charge < -0.3 is 19.4 Å². The molecule has 4 aromatic rings. The molecule has 0 aliphatic carbocycles. The van der Waals surface area contributed by atoms with E-state index in [2.05, 4.69) is 10.3 Å². The second-order valence-corrected chi connectivity index (χ2v) is 7.37. The van der Waals surface area contributed by atoms with Crippen LogP contribution in [0.5, 0.6) is 11.5 Å². The Kier molecular flexibility index (Phi) is 4.99. The quantitative estimate of drug-likeness (QED) is 0.503. The van der Waals surface area contributed by atoms with Crippen molar-refractivity contribution < 1.29 is 14.3 Å². The summed E-state index contributed by atoms with van der Waals surface area (Å²) in [4.78, 5) is 19.5. The third kappa shape index (κ3) is 3.33. The highest BCUT2D eigenvalue weighted by Crippen LogP contribution is 2.41. The Morgan fingerprint density at radius 2 is 1.78 bits per heavy atom. The van der Waals surface area contributed by atoms with E-state index >= 15 is 0 Å². The molecule has 32 heavy (non-hydrogen) atoms. The molecule has 1 aliphatic rings. The molecule has 0 saturated carbocycles. The van der Waals surface area contributed by atoms with E-state index < -0.39 is 6.17 Å². The number of ether oxygens (including phenoxy) is 2. The van der Waals surface area contributed by atoms with Crippen molar-refractivity contribution in [1.29, 1.82) is 0 Å². The summed E-state index contributed by atoms with van der Waals surface area (Å²) >= 11 is 0. The molecule has 160 valence electrons. The van der Waals surface area contributed by atoms with Gasteiger partial charge in [0.15, 0.2) is 0 Å². The van der Waals surface area contributed by atoms with Crippen molar-refractivity contribution >= 4 is 17.3 Å². The lowest BCUT2D eigenvalue weighted by Crippen LogP contribution is -2.43. The number of carbonyl (C=O) groups excluding carboxylic acids is 1. The van der Waals surface area contributed by atoms with Crippen LogP contribution in [0.3, 0.4) is 0 Å². The Morgan fingerprint density at radius 1 is 0.969 bits per heavy atom. The number of anilines is 2. The second-order valence-electron chi connectivity index (χ2n) is 7.37. The zero-order chi connectivity index (χ0) is 22.1. The summed E-state index contributed by atoms with van der Waals surface area (Å²) in [5.74, 6) is 1.11. The lowest BCUT2D eigenvalue weighted by atomic mass is 10.0. The molecule has 7 nitrogen and oxygen atoms in total. The van der Waals surface area contributed by atoms with Crippen molar-refractivity contribution in [3.05, 3.63) is 96.6 Å². The molecular formula is C25H22N4O3. The number of carbonyl (C=O) groups is 1. The highest BCUT2D eigenvalue weighted by Gasteiger charge is 2.35. The molecule has 7 heteroatoms. The highest BCUT2D eigenvalue weighted by atomic mass is 16.5. The molecule has 0 saturated heterocycles. The number of imidazole rings is 1. The molecule has 0 radical (unpaired) electrons. The van der Waals surface area contributed by atoms with Gasteiger partial charge in [-0.25, -0.2) is 4.98 Å². The fraction of sp³-hybridized carbons (Fsp3) is 0.120. The van der Waals surface area contributed by atoms with Gasteiger partial charge in [-0.1, -0.05) is 24.3 Å². The van der Waals surface area contributed by atoms with Crippen LogP contribution in [0.15, 0.2) is 85.5 Å². The molecule has 3 aromatic carbocycles. The van der Waals surface area contributed by atoms with E-state index in [1.807, 2.05) is 71.4 Å². The van der Waals surface area contributed by atoms with Crippen molar-refractivity contribution in [2.24, 2.45) is 0 Å². The van der Waals surface area contributed by atoms with E-state index in [1.165, 1.54) is 0 Å². The third-order valence-electron chi connectivity index (χ3n) is 5.58. The number of aromatic nitrogens is 2. The lowest BCUT2D eigenvalue weighted by molar-refractivity contribution is 0.0974. The first-order chi connectivity index (χ1) is 15.7. The Labute approximate surface area is 185 Å². The predicted octanol–water partition coefficient (Wildman–Crippen LogP) is 4.66. The van der Waals surface area contributed by atoms with E-state index in [9.17, 15) is 4.79 Å². The minimum atomic E-state index is -0.420. The first-order valence-corrected chi connectivity index (χ1v) is 10.2. The fourth-order valence-corrected chi connectivity index (χ4v) is 3.96. The van der Waals surface area contributed by atoms with Crippen molar-refractivity contribution in [3.8, 4) is 17.2 Å². The summed E-state index contributed by atoms with van der Waals surface area (Å²) in [6, 6.07) is 21.0. The van der Waals surface area contributed by atoms with Crippen molar-refractivity contribution in [2.75, 3.05) is 24.4 Å². The number of nitrogens with zero attached hydrogens (tertiary/aromatic N) is 3. The van der Waals surface area contributed by atoms with Gasteiger partial charge in [0.05, 0.1) is 31.8 Å². The summed E-state index contributed by atoms with van der Waals surface area (Å²) in [5, 5.41) is 3.53. The van der Waals surface area contributed by atoms with Crippen LogP contribution < -0.4 is 19.7 Å². The number of nitrogens with one attached hydrogen (secondary N) is 1. The maximum absolute atomic E-state index is 13.7. The molecule has 5 rings (SSSR count). The van der Waals surface area contributed by atoms with Crippen LogP contribution in [0.2, 0.25) is 0 Å². The third-order valence-corrected chi connectivity index (χ3v) is 5.58. The van der Waals surface area contributed by atoms with Gasteiger partial charge in [0.1, 0.15) is 17.7 Å². The van der Waals surface area contributed by atoms with Crippen LogP contribution in [0.25, 0.3) is 5.69 Å². The highest BCUT2D eigenvalue weighted by molar-refractivity contribution is 6.12. The van der Waals surface area contributed by atoms with E-state index in [1.54, 1.807) is 37.7 Å². The molecule has 1 amide bonds. The molecule has 1 N–H and O–H groups in total. The summed E-state index contributed by atoms with van der Waals surface area (Å²) in [7, 11) is 3.19. The topological polar surface area (TPSA) is 68.6 Å². The van der Waals surface area contributed by atoms with Crippen molar-refractivity contribution in [3.63, 3.8) is 0 Å². The van der Waals surface area contributed by atoms with Gasteiger partial charge in [-0.05, 0) is 42.0 Å². The maximum Gasteiger partial charge on any atom is 0.262 e. The number of hydrogen-bond donors (Lipinski definition) is 1. The van der Waals surface area contributed by atoms with Gasteiger partial charge in [-0.2, -0.15) is 0 Å². The minimum Gasteiger partial charge on any atom is -0.497 e. The average molecular weight is 426 g/mol. The maximum atomic E-state index is 13.7. The average Bonchev–Trinajstić information content (AvgIpc) is 3.39. The van der Waals surface area contributed by atoms with Gasteiger partial charge in [0, 0.05) is 29.8 Å². The molecule has 1 unspecified atom stereocenters. The molecule has 1 aromatic heterocycles. The number of amides is 1. The summed E-state index contributed by atoms with van der Waals surface area (Å²) < 4.78 is 12.9. The Hall–Kier alpha value is -4.26. The van der Waals surface area contributed by atoms with Crippen LogP contribution >= 0.6 is 0 Å². The molecule has 2 heterocycles. The van der Waals surface area contributed by atoms with Crippen molar-refractivity contribution in [2.45, 2.75) is 6.17 Å². The molecule has 0 fully saturated rings. The summed E-state index contributed by atoms with van der Waals surface area (Å²) in [6.45, 7) is 0. The van der Waals surface area contributed by atoms with Crippen LogP contribution in [-0.4, -0.2) is 29.7 Å². The van der Waals surface area contributed by atoms with E-state index in [0.29, 0.717) is 22.7 Å². The van der Waals surface area contributed by atoms with E-state index in [-0.39, 0.29) is 5.91 Å². The predicted molar refractivity (Wildman–Crippen MR) is 123 cm³/mol. The first-order valence-electron chi connectivity index (χ1n) is 10.2. The molecule has 0 spiro atoms. The number of fused-ring (bicyclic) bond motifs is 1. The number of rotatable bonds is 5. The van der Waals surface area contributed by atoms with Gasteiger partial charge in [-0.3, -0.25) is 9.69 Å². The smallest absolute Gasteiger partial charge is 0.262 e. The first kappa shape index (κ1) is 19.7. The van der Waals surface area contributed by atoms with Gasteiger partial charge in [-0.15, -0.1) is 0 Å². The van der Waals surface area contributed by atoms with Gasteiger partial charge in [0.25, 0.3) is 5.91 Å². The van der Waals surface area contributed by atoms with Crippen LogP contribution in [0.4, 0.5) is 11.4 Å². The Bertz CT molecular complexity index is 1250. The molecule has 0 bridgehead atoms. The van der Waals surface area contributed by atoms with Crippen LogP contribution in [-0.2, 0) is 0 Å². The van der Waals surface area contributed by atoms with Crippen LogP contribution in [0, 0.1) is 0 Å². The molecule has 1 atom stereocenters. The zero-order valence-corrected chi connectivity index (χ0v) is 17.7. The number of methoxy groups -OCH3 is 2. The van der Waals surface area contributed by atoms with Crippen molar-refractivity contribution in [1.82, 2.24) is 9.55 Å². The monoisotopic (exact) mass is 426 g/mol. The Balaban J connectivity index is 1.61. The lowest BCUT2D eigenvalue weighted by Gasteiger charge is -2.38. The normalized spacial score (nSPS) is 15.1. The number of hydrogen-bond acceptors (Lipinski definition) is 5. The molecule has 1 aliphatic heterocycles. The second kappa shape index (κ2) is 8.11. The fourth-order valence-electron chi connectivity index (χ4n) is 3.96. The van der Waals surface area contributed by atoms with Gasteiger partial charge >= 0.3 is 0 Å². The summed E-state index contributed by atoms with van der Waals surface area (Å²) in [5.41, 5.74) is 3.99. The number of para-hydroxylation sites is 1. The Morgan fingerprint density at radius 3 is 2.50 bits per heavy atom. The van der Waals surface area contributed by atoms with Crippen LogP contribution in [0.1, 0.15) is 22.1 Å². The molecular weight excluding hydrogens is 404 g/mol. The van der Waals surface area contributed by atoms with E-state index in [0.717, 1.165) is 16.9 Å². The SMILES string of the molecule is COc1ccc(N2C(=O)c3ccccc3NC2c2ccc(-n3ccnc3)cc2)c(OC)c1. The van der Waals surface area contributed by atoms with Gasteiger partial charge in [0.2, 0.25) is 0 Å². The standard InChI is InChI=1S/C25H22N4O3/c1-31-19-11-12-22(23(15-19)32-2)29-24(27-21-6-4-3-5-20(21)25(29)30)17-7-9-18(10-8-17)28-14-13-26-16-28/h3-16,24,27H,1-2H3. The minimum absolute atomic E-state index is 0.105.